The Morgan fingerprint density at radius 2 is 1.77 bits per heavy atom. The maximum Gasteiger partial charge on any atom is 0.327 e. The molecule has 0 aromatic heterocycles. The first-order valence-corrected chi connectivity index (χ1v) is 9.44. The van der Waals surface area contributed by atoms with Crippen LogP contribution in [0.15, 0.2) is 54.6 Å². The van der Waals surface area contributed by atoms with Crippen LogP contribution < -0.4 is 5.32 Å². The minimum Gasteiger partial charge on any atom is -0.480 e. The number of nitrogens with one attached hydrogen (secondary N) is 1. The number of hydrogen-bond donors (Lipinski definition) is 3. The van der Waals surface area contributed by atoms with E-state index in [1.54, 1.807) is 48.5 Å². The Labute approximate surface area is 172 Å². The van der Waals surface area contributed by atoms with Gasteiger partial charge in [-0.25, -0.2) is 0 Å². The summed E-state index contributed by atoms with van der Waals surface area (Å²) in [7, 11) is 0. The van der Waals surface area contributed by atoms with Crippen LogP contribution in [0.3, 0.4) is 0 Å². The maximum absolute atomic E-state index is 13.3. The first-order valence-electron chi connectivity index (χ1n) is 9.44. The Bertz CT molecular complexity index is 1050. The molecule has 0 bridgehead atoms. The van der Waals surface area contributed by atoms with E-state index in [-0.39, 0.29) is 6.54 Å². The summed E-state index contributed by atoms with van der Waals surface area (Å²) in [6.07, 6.45) is 0. The summed E-state index contributed by atoms with van der Waals surface area (Å²) in [6, 6.07) is 16.5. The van der Waals surface area contributed by atoms with Gasteiger partial charge in [-0.3, -0.25) is 24.6 Å². The largest absolute Gasteiger partial charge is 0.480 e. The Hall–Kier alpha value is -3.54. The first-order chi connectivity index (χ1) is 14.4. The van der Waals surface area contributed by atoms with Crippen molar-refractivity contribution in [1.29, 1.82) is 5.26 Å². The minimum absolute atomic E-state index is 0.0344. The molecule has 3 N–H and O–H groups in total. The molecule has 8 nitrogen and oxygen atoms in total. The van der Waals surface area contributed by atoms with Gasteiger partial charge in [-0.15, -0.1) is 0 Å². The number of aliphatic hydroxyl groups is 1. The Morgan fingerprint density at radius 1 is 1.10 bits per heavy atom. The van der Waals surface area contributed by atoms with Gasteiger partial charge in [-0.1, -0.05) is 42.5 Å². The number of aliphatic carboxylic acids is 1. The molecular formula is C22H19N3O5. The summed E-state index contributed by atoms with van der Waals surface area (Å²) >= 11 is 0. The van der Waals surface area contributed by atoms with Crippen molar-refractivity contribution in [1.82, 2.24) is 10.2 Å². The number of aliphatic hydroxyl groups excluding tert-OH is 1. The highest BCUT2D eigenvalue weighted by Crippen LogP contribution is 2.49. The number of likely N-dealkylation sites (tertiary alicyclic amines) is 1. The average molecular weight is 405 g/mol. The third-order valence-corrected chi connectivity index (χ3v) is 5.96. The lowest BCUT2D eigenvalue weighted by molar-refractivity contribution is -0.153. The summed E-state index contributed by atoms with van der Waals surface area (Å²) in [5.41, 5.74) is -0.240. The van der Waals surface area contributed by atoms with Gasteiger partial charge in [-0.05, 0) is 23.3 Å². The van der Waals surface area contributed by atoms with E-state index in [9.17, 15) is 24.6 Å². The van der Waals surface area contributed by atoms with Gasteiger partial charge in [0.05, 0.1) is 36.6 Å². The highest BCUT2D eigenvalue weighted by Gasteiger charge is 2.68. The molecule has 2 saturated heterocycles. The number of hydrogen-bond acceptors (Lipinski definition) is 6. The zero-order valence-electron chi connectivity index (χ0n) is 15.9. The topological polar surface area (TPSA) is 131 Å². The monoisotopic (exact) mass is 405 g/mol. The van der Waals surface area contributed by atoms with Gasteiger partial charge < -0.3 is 10.2 Å². The molecule has 4 atom stereocenters. The molecule has 2 fully saturated rings. The number of rotatable bonds is 5. The smallest absolute Gasteiger partial charge is 0.327 e. The van der Waals surface area contributed by atoms with E-state index in [0.717, 1.165) is 10.5 Å². The van der Waals surface area contributed by atoms with E-state index >= 15 is 0 Å². The SMILES string of the molecule is N#Cc1ccc(C2NC(CO)(C(=O)O)C3C(=O)N(Cc4ccccc4)C(=O)C23)cc1. The lowest BCUT2D eigenvalue weighted by Crippen LogP contribution is -2.58. The van der Waals surface area contributed by atoms with Gasteiger partial charge in [0.25, 0.3) is 0 Å². The summed E-state index contributed by atoms with van der Waals surface area (Å²) in [4.78, 5) is 39.7. The molecule has 152 valence electrons. The molecule has 4 unspecified atom stereocenters. The van der Waals surface area contributed by atoms with Crippen LogP contribution in [0.25, 0.3) is 0 Å². The Kier molecular flexibility index (Phi) is 4.86. The number of amides is 2. The van der Waals surface area contributed by atoms with Crippen molar-refractivity contribution in [2.24, 2.45) is 11.8 Å². The number of fused-ring (bicyclic) bond motifs is 1. The van der Waals surface area contributed by atoms with Gasteiger partial charge in [0.15, 0.2) is 5.54 Å². The number of imide groups is 1. The molecule has 30 heavy (non-hydrogen) atoms. The van der Waals surface area contributed by atoms with Crippen LogP contribution >= 0.6 is 0 Å². The Balaban J connectivity index is 1.76. The molecule has 2 aliphatic heterocycles. The first kappa shape index (κ1) is 19.8. The normalized spacial score (nSPS) is 27.7. The van der Waals surface area contributed by atoms with Crippen LogP contribution in [-0.2, 0) is 20.9 Å². The second-order valence-corrected chi connectivity index (χ2v) is 7.54. The van der Waals surface area contributed by atoms with Crippen LogP contribution in [0.4, 0.5) is 0 Å². The zero-order valence-corrected chi connectivity index (χ0v) is 15.9. The van der Waals surface area contributed by atoms with E-state index in [2.05, 4.69) is 5.32 Å². The number of nitriles is 1. The zero-order chi connectivity index (χ0) is 21.5. The van der Waals surface area contributed by atoms with Crippen molar-refractivity contribution in [3.8, 4) is 6.07 Å². The minimum atomic E-state index is -1.97. The lowest BCUT2D eigenvalue weighted by Gasteiger charge is -2.29. The highest BCUT2D eigenvalue weighted by atomic mass is 16.4. The molecule has 0 spiro atoms. The molecule has 0 aliphatic carbocycles. The van der Waals surface area contributed by atoms with Gasteiger partial charge >= 0.3 is 5.97 Å². The summed E-state index contributed by atoms with van der Waals surface area (Å²) in [6.45, 7) is -0.804. The van der Waals surface area contributed by atoms with Crippen molar-refractivity contribution < 1.29 is 24.6 Å². The van der Waals surface area contributed by atoms with Crippen molar-refractivity contribution in [3.05, 3.63) is 71.3 Å². The third-order valence-electron chi connectivity index (χ3n) is 5.96. The fraction of sp³-hybridized carbons (Fsp3) is 0.273. The van der Waals surface area contributed by atoms with Gasteiger partial charge in [0.2, 0.25) is 11.8 Å². The molecule has 2 aliphatic rings. The molecule has 0 saturated carbocycles. The number of carboxylic acids is 1. The number of carboxylic acid groups (broad SMARTS) is 1. The van der Waals surface area contributed by atoms with E-state index in [1.807, 2.05) is 12.1 Å². The van der Waals surface area contributed by atoms with Crippen molar-refractivity contribution in [2.45, 2.75) is 18.1 Å². The van der Waals surface area contributed by atoms with Crippen LogP contribution in [0.2, 0.25) is 0 Å². The number of nitrogens with zero attached hydrogens (tertiary/aromatic N) is 2. The van der Waals surface area contributed by atoms with E-state index in [1.165, 1.54) is 0 Å². The summed E-state index contributed by atoms with van der Waals surface area (Å²) in [5, 5.41) is 31.7. The van der Waals surface area contributed by atoms with Crippen LogP contribution in [0.5, 0.6) is 0 Å². The maximum atomic E-state index is 13.3. The molecule has 0 radical (unpaired) electrons. The lowest BCUT2D eigenvalue weighted by atomic mass is 9.79. The molecule has 2 aromatic rings. The van der Waals surface area contributed by atoms with Crippen molar-refractivity contribution in [2.75, 3.05) is 6.61 Å². The molecule has 2 heterocycles. The molecule has 2 amide bonds. The van der Waals surface area contributed by atoms with Crippen LogP contribution in [0.1, 0.15) is 22.7 Å². The van der Waals surface area contributed by atoms with Crippen LogP contribution in [0, 0.1) is 23.2 Å². The average Bonchev–Trinajstić information content (AvgIpc) is 3.25. The summed E-state index contributed by atoms with van der Waals surface area (Å²) < 4.78 is 0. The highest BCUT2D eigenvalue weighted by molar-refractivity contribution is 6.09. The van der Waals surface area contributed by atoms with Crippen LogP contribution in [-0.4, -0.2) is 45.0 Å². The molecule has 2 aromatic carbocycles. The fourth-order valence-electron chi connectivity index (χ4n) is 4.45. The molecule has 4 rings (SSSR count). The summed E-state index contributed by atoms with van der Waals surface area (Å²) in [5.74, 6) is -4.70. The fourth-order valence-corrected chi connectivity index (χ4v) is 4.45. The standard InChI is InChI=1S/C22H19N3O5/c23-10-13-6-8-15(9-7-13)18-16-17(22(12-26,24-18)21(29)30)20(28)25(19(16)27)11-14-4-2-1-3-5-14/h1-9,16-18,24,26H,11-12H2,(H,29,30). The second-order valence-electron chi connectivity index (χ2n) is 7.54. The van der Waals surface area contributed by atoms with E-state index in [0.29, 0.717) is 11.1 Å². The molecular weight excluding hydrogens is 386 g/mol. The second kappa shape index (κ2) is 7.37. The number of carbonyl (C=O) groups excluding carboxylic acids is 2. The van der Waals surface area contributed by atoms with E-state index < -0.39 is 47.8 Å². The van der Waals surface area contributed by atoms with Gasteiger partial charge in [-0.2, -0.15) is 5.26 Å². The quantitative estimate of drug-likeness (QED) is 0.628. The number of benzene rings is 2. The van der Waals surface area contributed by atoms with E-state index in [4.69, 9.17) is 5.26 Å². The van der Waals surface area contributed by atoms with Gasteiger partial charge in [0, 0.05) is 6.04 Å². The van der Waals surface area contributed by atoms with Crippen molar-refractivity contribution >= 4 is 17.8 Å². The predicted octanol–water partition coefficient (Wildman–Crippen LogP) is 0.820. The Morgan fingerprint density at radius 3 is 2.33 bits per heavy atom. The van der Waals surface area contributed by atoms with Gasteiger partial charge in [0.1, 0.15) is 0 Å². The molecule has 8 heteroatoms. The number of carbonyl (C=O) groups is 3. The third kappa shape index (κ3) is 2.87. The van der Waals surface area contributed by atoms with Crippen molar-refractivity contribution in [3.63, 3.8) is 0 Å². The predicted molar refractivity (Wildman–Crippen MR) is 103 cm³/mol.